The molecule has 25 heavy (non-hydrogen) atoms. The van der Waals surface area contributed by atoms with Crippen LogP contribution in [0.1, 0.15) is 54.2 Å². The largest absolute Gasteiger partial charge is 0.336 e. The predicted molar refractivity (Wildman–Crippen MR) is 92.4 cm³/mol. The Balaban J connectivity index is 1.52. The molecule has 0 radical (unpaired) electrons. The van der Waals surface area contributed by atoms with Crippen molar-refractivity contribution in [1.82, 2.24) is 15.0 Å². The quantitative estimate of drug-likeness (QED) is 0.759. The summed E-state index contributed by atoms with van der Waals surface area (Å²) in [4.78, 5) is 19.6. The normalized spacial score (nSPS) is 23.2. The Morgan fingerprint density at radius 2 is 2.24 bits per heavy atom. The number of nitrogens with zero attached hydrogens (tertiary/aromatic N) is 3. The first-order valence-corrected chi connectivity index (χ1v) is 9.63. The van der Waals surface area contributed by atoms with Gasteiger partial charge in [0.25, 0.3) is 11.8 Å². The molecule has 2 aliphatic rings. The van der Waals surface area contributed by atoms with Gasteiger partial charge in [-0.15, -0.1) is 11.8 Å². The van der Waals surface area contributed by atoms with Gasteiger partial charge in [-0.3, -0.25) is 4.79 Å². The van der Waals surface area contributed by atoms with Crippen molar-refractivity contribution < 1.29 is 13.7 Å². The van der Waals surface area contributed by atoms with E-state index >= 15 is 4.39 Å². The van der Waals surface area contributed by atoms with E-state index < -0.39 is 5.67 Å². The van der Waals surface area contributed by atoms with E-state index in [9.17, 15) is 4.79 Å². The minimum Gasteiger partial charge on any atom is -0.336 e. The lowest BCUT2D eigenvalue weighted by Crippen LogP contribution is -2.32. The number of hydrogen-bond acceptors (Lipinski definition) is 5. The predicted octanol–water partition coefficient (Wildman–Crippen LogP) is 3.77. The first kappa shape index (κ1) is 16.6. The monoisotopic (exact) mass is 361 g/mol. The molecule has 1 aromatic carbocycles. The van der Waals surface area contributed by atoms with E-state index in [0.29, 0.717) is 23.9 Å². The average molecular weight is 361 g/mol. The van der Waals surface area contributed by atoms with Gasteiger partial charge in [-0.05, 0) is 30.7 Å². The third-order valence-electron chi connectivity index (χ3n) is 4.69. The molecule has 1 saturated heterocycles. The third kappa shape index (κ3) is 3.17. The molecule has 0 spiro atoms. The average Bonchev–Trinajstić information content (AvgIpc) is 3.19. The molecule has 4 rings (SSSR count). The minimum absolute atomic E-state index is 0.0147. The number of thioether (sulfide) groups is 1. The zero-order valence-electron chi connectivity index (χ0n) is 14.1. The molecule has 1 aromatic heterocycles. The molecular weight excluding hydrogens is 341 g/mol. The molecule has 0 N–H and O–H groups in total. The highest BCUT2D eigenvalue weighted by Crippen LogP contribution is 2.41. The number of aromatic nitrogens is 2. The lowest BCUT2D eigenvalue weighted by Gasteiger charge is -2.19. The smallest absolute Gasteiger partial charge is 0.266 e. The number of halogens is 1. The molecule has 132 valence electrons. The van der Waals surface area contributed by atoms with Gasteiger partial charge in [0.2, 0.25) is 5.67 Å². The molecule has 2 heterocycles. The van der Waals surface area contributed by atoms with Crippen LogP contribution in [-0.4, -0.2) is 39.8 Å². The van der Waals surface area contributed by atoms with Gasteiger partial charge in [0, 0.05) is 23.8 Å². The summed E-state index contributed by atoms with van der Waals surface area (Å²) < 4.78 is 20.5. The molecule has 1 unspecified atom stereocenters. The molecule has 2 fully saturated rings. The van der Waals surface area contributed by atoms with Crippen LogP contribution >= 0.6 is 11.8 Å². The fourth-order valence-electron chi connectivity index (χ4n) is 3.14. The van der Waals surface area contributed by atoms with Crippen molar-refractivity contribution in [3.63, 3.8) is 0 Å². The summed E-state index contributed by atoms with van der Waals surface area (Å²) in [6.45, 7) is 2.35. The maximum Gasteiger partial charge on any atom is 0.266 e. The molecule has 1 aliphatic heterocycles. The van der Waals surface area contributed by atoms with E-state index in [0.717, 1.165) is 23.5 Å². The maximum atomic E-state index is 15.3. The summed E-state index contributed by atoms with van der Waals surface area (Å²) >= 11 is 1.62. The SMILES string of the molecule is CCSc1ccccc1C(=O)N1CCC(F)(c2nc(C3CC3)no2)C1. The summed E-state index contributed by atoms with van der Waals surface area (Å²) in [6.07, 6.45) is 2.26. The molecule has 1 saturated carbocycles. The Morgan fingerprint density at radius 1 is 1.44 bits per heavy atom. The van der Waals surface area contributed by atoms with Crippen LogP contribution in [0.3, 0.4) is 0 Å². The number of amides is 1. The molecule has 7 heteroatoms. The van der Waals surface area contributed by atoms with Crippen molar-refractivity contribution in [1.29, 1.82) is 0 Å². The number of benzene rings is 1. The van der Waals surface area contributed by atoms with Crippen molar-refractivity contribution >= 4 is 17.7 Å². The number of alkyl halides is 1. The van der Waals surface area contributed by atoms with Crippen molar-refractivity contribution in [3.8, 4) is 0 Å². The van der Waals surface area contributed by atoms with Crippen molar-refractivity contribution in [2.75, 3.05) is 18.8 Å². The van der Waals surface area contributed by atoms with Crippen LogP contribution in [0.25, 0.3) is 0 Å². The third-order valence-corrected chi connectivity index (χ3v) is 5.65. The van der Waals surface area contributed by atoms with E-state index in [2.05, 4.69) is 10.1 Å². The van der Waals surface area contributed by atoms with Crippen LogP contribution < -0.4 is 0 Å². The maximum absolute atomic E-state index is 15.3. The summed E-state index contributed by atoms with van der Waals surface area (Å²) in [7, 11) is 0. The molecule has 1 atom stereocenters. The molecule has 1 amide bonds. The highest BCUT2D eigenvalue weighted by molar-refractivity contribution is 7.99. The summed E-state index contributed by atoms with van der Waals surface area (Å²) in [5.74, 6) is 1.67. The zero-order chi connectivity index (χ0) is 17.4. The van der Waals surface area contributed by atoms with Gasteiger partial charge < -0.3 is 9.42 Å². The van der Waals surface area contributed by atoms with Crippen LogP contribution in [0.15, 0.2) is 33.7 Å². The van der Waals surface area contributed by atoms with Gasteiger partial charge in [-0.25, -0.2) is 4.39 Å². The Bertz CT molecular complexity index is 792. The Morgan fingerprint density at radius 3 is 3.00 bits per heavy atom. The van der Waals surface area contributed by atoms with E-state index in [1.54, 1.807) is 22.7 Å². The Labute approximate surface area is 150 Å². The van der Waals surface area contributed by atoms with Crippen molar-refractivity contribution in [3.05, 3.63) is 41.5 Å². The van der Waals surface area contributed by atoms with Gasteiger partial charge >= 0.3 is 0 Å². The number of carbonyl (C=O) groups excluding carboxylic acids is 1. The van der Waals surface area contributed by atoms with Gasteiger partial charge in [0.1, 0.15) is 0 Å². The summed E-state index contributed by atoms with van der Waals surface area (Å²) in [5.41, 5.74) is -1.12. The minimum atomic E-state index is -1.75. The van der Waals surface area contributed by atoms with Gasteiger partial charge in [-0.2, -0.15) is 4.98 Å². The van der Waals surface area contributed by atoms with Gasteiger partial charge in [0.15, 0.2) is 5.82 Å². The molecule has 2 aromatic rings. The van der Waals surface area contributed by atoms with E-state index in [1.807, 2.05) is 25.1 Å². The van der Waals surface area contributed by atoms with E-state index in [-0.39, 0.29) is 24.8 Å². The Hall–Kier alpha value is -1.89. The number of rotatable bonds is 5. The van der Waals surface area contributed by atoms with Crippen molar-refractivity contribution in [2.45, 2.75) is 42.7 Å². The fourth-order valence-corrected chi connectivity index (χ4v) is 3.94. The second-order valence-corrected chi connectivity index (χ2v) is 7.91. The van der Waals surface area contributed by atoms with Crippen molar-refractivity contribution in [2.24, 2.45) is 0 Å². The topological polar surface area (TPSA) is 59.2 Å². The number of hydrogen-bond donors (Lipinski definition) is 0. The zero-order valence-corrected chi connectivity index (χ0v) is 14.9. The fraction of sp³-hybridized carbons (Fsp3) is 0.500. The number of carbonyl (C=O) groups is 1. The summed E-state index contributed by atoms with van der Waals surface area (Å²) in [6, 6.07) is 7.48. The molecular formula is C18H20FN3O2S. The second kappa shape index (κ2) is 6.44. The lowest BCUT2D eigenvalue weighted by molar-refractivity contribution is 0.0713. The van der Waals surface area contributed by atoms with E-state index in [1.165, 1.54) is 0 Å². The standard InChI is InChI=1S/C18H20FN3O2S/c1-2-25-14-6-4-3-5-13(14)16(23)22-10-9-18(19,11-22)17-20-15(21-24-17)12-7-8-12/h3-6,12H,2,7-11H2,1H3. The summed E-state index contributed by atoms with van der Waals surface area (Å²) in [5, 5.41) is 3.90. The highest BCUT2D eigenvalue weighted by Gasteiger charge is 2.47. The first-order valence-electron chi connectivity index (χ1n) is 8.65. The van der Waals surface area contributed by atoms with Crippen LogP contribution in [0.5, 0.6) is 0 Å². The van der Waals surface area contributed by atoms with Crippen LogP contribution in [0.2, 0.25) is 0 Å². The van der Waals surface area contributed by atoms with Gasteiger partial charge in [-0.1, -0.05) is 24.2 Å². The van der Waals surface area contributed by atoms with Crippen LogP contribution in [-0.2, 0) is 5.67 Å². The molecule has 1 aliphatic carbocycles. The van der Waals surface area contributed by atoms with Gasteiger partial charge in [0.05, 0.1) is 12.1 Å². The molecule has 5 nitrogen and oxygen atoms in total. The first-order chi connectivity index (χ1) is 12.1. The van der Waals surface area contributed by atoms with Crippen LogP contribution in [0, 0.1) is 0 Å². The lowest BCUT2D eigenvalue weighted by atomic mass is 10.1. The second-order valence-electron chi connectivity index (χ2n) is 6.60. The number of likely N-dealkylation sites (tertiary alicyclic amines) is 1. The Kier molecular flexibility index (Phi) is 4.27. The van der Waals surface area contributed by atoms with E-state index in [4.69, 9.17) is 4.52 Å². The van der Waals surface area contributed by atoms with Crippen LogP contribution in [0.4, 0.5) is 4.39 Å². The highest BCUT2D eigenvalue weighted by atomic mass is 32.2. The molecule has 0 bridgehead atoms.